The summed E-state index contributed by atoms with van der Waals surface area (Å²) in [5, 5.41) is 8.82. The van der Waals surface area contributed by atoms with Crippen LogP contribution in [-0.4, -0.2) is 15.7 Å². The number of rotatable bonds is 4. The van der Waals surface area contributed by atoms with Crippen LogP contribution in [0.2, 0.25) is 0 Å². The Morgan fingerprint density at radius 3 is 2.68 bits per heavy atom. The number of hydrogen-bond acceptors (Lipinski definition) is 3. The van der Waals surface area contributed by atoms with Crippen LogP contribution in [0.5, 0.6) is 0 Å². The summed E-state index contributed by atoms with van der Waals surface area (Å²) in [6.07, 6.45) is -4.58. The van der Waals surface area contributed by atoms with Crippen molar-refractivity contribution < 1.29 is 18.0 Å². The topological polar surface area (TPSA) is 46.9 Å². The predicted octanol–water partition coefficient (Wildman–Crippen LogP) is 4.10. The van der Waals surface area contributed by atoms with Gasteiger partial charge in [-0.25, -0.2) is 0 Å². The molecule has 0 fully saturated rings. The van der Waals surface area contributed by atoms with E-state index < -0.39 is 23.2 Å². The molecule has 2 aromatic heterocycles. The van der Waals surface area contributed by atoms with Crippen LogP contribution in [0.1, 0.15) is 21.6 Å². The standard InChI is InChI=1S/C17H14F3N3OS/c1-23-11(9-14(22-23)15-7-4-8-25-15)10-21-16(24)12-5-2-3-6-13(12)17(18,19)20/h2-9H,10H2,1H3,(H,21,24). The third kappa shape index (κ3) is 3.74. The molecule has 0 radical (unpaired) electrons. The SMILES string of the molecule is Cn1nc(-c2cccs2)cc1CNC(=O)c1ccccc1C(F)(F)F. The molecule has 8 heteroatoms. The van der Waals surface area contributed by atoms with Crippen LogP contribution < -0.4 is 5.32 Å². The van der Waals surface area contributed by atoms with Gasteiger partial charge in [-0.1, -0.05) is 18.2 Å². The zero-order valence-electron chi connectivity index (χ0n) is 13.2. The molecule has 1 amide bonds. The van der Waals surface area contributed by atoms with Crippen LogP contribution in [0.4, 0.5) is 13.2 Å². The Labute approximate surface area is 145 Å². The van der Waals surface area contributed by atoms with E-state index in [0.717, 1.165) is 16.6 Å². The minimum absolute atomic E-state index is 0.0832. The Morgan fingerprint density at radius 1 is 1.24 bits per heavy atom. The lowest BCUT2D eigenvalue weighted by molar-refractivity contribution is -0.137. The molecule has 0 spiro atoms. The van der Waals surface area contributed by atoms with Gasteiger partial charge in [0.25, 0.3) is 5.91 Å². The number of amides is 1. The minimum atomic E-state index is -4.58. The van der Waals surface area contributed by atoms with Gasteiger partial charge in [0.1, 0.15) is 5.69 Å². The normalized spacial score (nSPS) is 11.5. The van der Waals surface area contributed by atoms with Crippen LogP contribution >= 0.6 is 11.3 Å². The highest BCUT2D eigenvalue weighted by molar-refractivity contribution is 7.13. The van der Waals surface area contributed by atoms with Gasteiger partial charge in [0.05, 0.1) is 28.2 Å². The molecule has 0 bridgehead atoms. The zero-order valence-corrected chi connectivity index (χ0v) is 14.0. The summed E-state index contributed by atoms with van der Waals surface area (Å²) in [5.74, 6) is -0.771. The molecule has 3 aromatic rings. The molecule has 130 valence electrons. The largest absolute Gasteiger partial charge is 0.417 e. The molecule has 0 saturated heterocycles. The second-order valence-corrected chi connectivity index (χ2v) is 6.30. The average Bonchev–Trinajstić information content (AvgIpc) is 3.21. The molecule has 0 aliphatic heterocycles. The summed E-state index contributed by atoms with van der Waals surface area (Å²) in [6.45, 7) is 0.0832. The van der Waals surface area contributed by atoms with Crippen LogP contribution in [0.15, 0.2) is 47.8 Å². The van der Waals surface area contributed by atoms with Crippen molar-refractivity contribution in [3.8, 4) is 10.6 Å². The van der Waals surface area contributed by atoms with E-state index in [2.05, 4.69) is 10.4 Å². The summed E-state index contributed by atoms with van der Waals surface area (Å²) in [4.78, 5) is 13.2. The molecule has 0 unspecified atom stereocenters. The molecular weight excluding hydrogens is 351 g/mol. The smallest absolute Gasteiger partial charge is 0.346 e. The number of aryl methyl sites for hydroxylation is 1. The molecule has 2 heterocycles. The number of aromatic nitrogens is 2. The number of nitrogens with zero attached hydrogens (tertiary/aromatic N) is 2. The molecule has 1 N–H and O–H groups in total. The monoisotopic (exact) mass is 365 g/mol. The van der Waals surface area contributed by atoms with Crippen LogP contribution in [0, 0.1) is 0 Å². The fraction of sp³-hybridized carbons (Fsp3) is 0.176. The Balaban J connectivity index is 1.76. The maximum absolute atomic E-state index is 13.0. The molecule has 0 aliphatic carbocycles. The van der Waals surface area contributed by atoms with Crippen molar-refractivity contribution in [2.75, 3.05) is 0 Å². The molecule has 0 aliphatic rings. The fourth-order valence-electron chi connectivity index (χ4n) is 2.41. The first-order chi connectivity index (χ1) is 11.9. The van der Waals surface area contributed by atoms with Crippen molar-refractivity contribution in [3.63, 3.8) is 0 Å². The number of carbonyl (C=O) groups excluding carboxylic acids is 1. The first-order valence-electron chi connectivity index (χ1n) is 7.37. The number of carbonyl (C=O) groups is 1. The quantitative estimate of drug-likeness (QED) is 0.757. The van der Waals surface area contributed by atoms with Crippen molar-refractivity contribution in [3.05, 3.63) is 64.7 Å². The summed E-state index contributed by atoms with van der Waals surface area (Å²) in [6, 6.07) is 10.4. The molecular formula is C17H14F3N3OS. The molecule has 0 atom stereocenters. The lowest BCUT2D eigenvalue weighted by atomic mass is 10.1. The third-order valence-corrected chi connectivity index (χ3v) is 4.55. The maximum Gasteiger partial charge on any atom is 0.417 e. The fourth-order valence-corrected chi connectivity index (χ4v) is 3.09. The number of alkyl halides is 3. The minimum Gasteiger partial charge on any atom is -0.346 e. The highest BCUT2D eigenvalue weighted by Gasteiger charge is 2.34. The predicted molar refractivity (Wildman–Crippen MR) is 89.1 cm³/mol. The van der Waals surface area contributed by atoms with Crippen molar-refractivity contribution in [1.82, 2.24) is 15.1 Å². The number of thiophene rings is 1. The van der Waals surface area contributed by atoms with E-state index in [1.807, 2.05) is 23.6 Å². The number of nitrogens with one attached hydrogen (secondary N) is 1. The number of benzene rings is 1. The molecule has 1 aromatic carbocycles. The van der Waals surface area contributed by atoms with Crippen molar-refractivity contribution in [2.45, 2.75) is 12.7 Å². The van der Waals surface area contributed by atoms with E-state index in [1.165, 1.54) is 29.5 Å². The van der Waals surface area contributed by atoms with Gasteiger partial charge in [-0.3, -0.25) is 9.48 Å². The second-order valence-electron chi connectivity index (χ2n) is 5.35. The van der Waals surface area contributed by atoms with Gasteiger partial charge in [-0.2, -0.15) is 18.3 Å². The third-order valence-electron chi connectivity index (χ3n) is 3.66. The lowest BCUT2D eigenvalue weighted by Gasteiger charge is -2.12. The van der Waals surface area contributed by atoms with Crippen LogP contribution in [-0.2, 0) is 19.8 Å². The summed E-state index contributed by atoms with van der Waals surface area (Å²) < 4.78 is 40.6. The molecule has 0 saturated carbocycles. The van der Waals surface area contributed by atoms with Crippen molar-refractivity contribution in [1.29, 1.82) is 0 Å². The van der Waals surface area contributed by atoms with E-state index in [-0.39, 0.29) is 6.54 Å². The summed E-state index contributed by atoms with van der Waals surface area (Å²) >= 11 is 1.54. The molecule has 3 rings (SSSR count). The van der Waals surface area contributed by atoms with Gasteiger partial charge >= 0.3 is 6.18 Å². The van der Waals surface area contributed by atoms with Gasteiger partial charge in [0.15, 0.2) is 0 Å². The lowest BCUT2D eigenvalue weighted by Crippen LogP contribution is -2.26. The average molecular weight is 365 g/mol. The van der Waals surface area contributed by atoms with Crippen molar-refractivity contribution >= 4 is 17.2 Å². The Kier molecular flexibility index (Phi) is 4.63. The van der Waals surface area contributed by atoms with Gasteiger partial charge in [-0.15, -0.1) is 11.3 Å². The maximum atomic E-state index is 13.0. The Morgan fingerprint density at radius 2 is 2.00 bits per heavy atom. The Bertz CT molecular complexity index is 885. The molecule has 4 nitrogen and oxygen atoms in total. The summed E-state index contributed by atoms with van der Waals surface area (Å²) in [7, 11) is 1.72. The van der Waals surface area contributed by atoms with E-state index in [0.29, 0.717) is 5.69 Å². The van der Waals surface area contributed by atoms with E-state index in [9.17, 15) is 18.0 Å². The van der Waals surface area contributed by atoms with E-state index >= 15 is 0 Å². The highest BCUT2D eigenvalue weighted by atomic mass is 32.1. The number of hydrogen-bond donors (Lipinski definition) is 1. The zero-order chi connectivity index (χ0) is 18.0. The van der Waals surface area contributed by atoms with Gasteiger partial charge < -0.3 is 5.32 Å². The first-order valence-corrected chi connectivity index (χ1v) is 8.25. The van der Waals surface area contributed by atoms with Gasteiger partial charge in [0.2, 0.25) is 0 Å². The second kappa shape index (κ2) is 6.72. The van der Waals surface area contributed by atoms with Crippen LogP contribution in [0.25, 0.3) is 10.6 Å². The first kappa shape index (κ1) is 17.2. The van der Waals surface area contributed by atoms with Gasteiger partial charge in [-0.05, 0) is 29.6 Å². The van der Waals surface area contributed by atoms with Gasteiger partial charge in [0, 0.05) is 7.05 Å². The summed E-state index contributed by atoms with van der Waals surface area (Å²) in [5.41, 5.74) is 0.117. The van der Waals surface area contributed by atoms with E-state index in [1.54, 1.807) is 11.7 Å². The molecule has 25 heavy (non-hydrogen) atoms. The van der Waals surface area contributed by atoms with Crippen LogP contribution in [0.3, 0.4) is 0 Å². The van der Waals surface area contributed by atoms with Crippen molar-refractivity contribution in [2.24, 2.45) is 7.05 Å². The van der Waals surface area contributed by atoms with E-state index in [4.69, 9.17) is 0 Å². The number of halogens is 3. The Hall–Kier alpha value is -2.61. The highest BCUT2D eigenvalue weighted by Crippen LogP contribution is 2.31.